The first-order valence-corrected chi connectivity index (χ1v) is 8.85. The van der Waals surface area contributed by atoms with Crippen molar-refractivity contribution in [3.05, 3.63) is 18.3 Å². The molecular formula is C14H24ClN3O2S. The Morgan fingerprint density at radius 1 is 1.33 bits per heavy atom. The highest BCUT2D eigenvalue weighted by Gasteiger charge is 2.19. The lowest BCUT2D eigenvalue weighted by molar-refractivity contribution is 0.355. The number of rotatable bonds is 8. The average molecular weight is 334 g/mol. The van der Waals surface area contributed by atoms with Crippen molar-refractivity contribution in [3.63, 3.8) is 0 Å². The summed E-state index contributed by atoms with van der Waals surface area (Å²) in [5, 5.41) is 3.24. The number of hydrogen-bond acceptors (Lipinski definition) is 4. The molecule has 0 fully saturated rings. The molecule has 0 aliphatic heterocycles. The standard InChI is InChI=1S/C14H24ClN3O2S/c1-14(2,8-5-9-15)11-17-13-7-6-12(10-16-13)21(19,20)18(3)4/h6-7,10H,5,8-9,11H2,1-4H3,(H,16,17). The molecule has 0 aliphatic carbocycles. The van der Waals surface area contributed by atoms with Crippen molar-refractivity contribution in [2.75, 3.05) is 31.8 Å². The van der Waals surface area contributed by atoms with Gasteiger partial charge < -0.3 is 5.32 Å². The Morgan fingerprint density at radius 2 is 2.00 bits per heavy atom. The van der Waals surface area contributed by atoms with E-state index >= 15 is 0 Å². The Balaban J connectivity index is 2.68. The maximum absolute atomic E-state index is 11.9. The summed E-state index contributed by atoms with van der Waals surface area (Å²) in [6.45, 7) is 5.09. The van der Waals surface area contributed by atoms with Crippen LogP contribution in [0.3, 0.4) is 0 Å². The van der Waals surface area contributed by atoms with E-state index in [-0.39, 0.29) is 10.3 Å². The number of sulfonamides is 1. The van der Waals surface area contributed by atoms with Gasteiger partial charge in [-0.1, -0.05) is 13.8 Å². The minimum Gasteiger partial charge on any atom is -0.370 e. The van der Waals surface area contributed by atoms with Crippen molar-refractivity contribution >= 4 is 27.4 Å². The molecule has 1 N–H and O–H groups in total. The lowest BCUT2D eigenvalue weighted by Gasteiger charge is -2.25. The number of hydrogen-bond donors (Lipinski definition) is 1. The Labute approximate surface area is 132 Å². The molecule has 1 aromatic rings. The zero-order valence-electron chi connectivity index (χ0n) is 13.1. The normalized spacial score (nSPS) is 12.7. The largest absolute Gasteiger partial charge is 0.370 e. The molecule has 1 rings (SSSR count). The number of aromatic nitrogens is 1. The summed E-state index contributed by atoms with van der Waals surface area (Å²) in [6, 6.07) is 3.25. The molecule has 0 saturated heterocycles. The zero-order valence-corrected chi connectivity index (χ0v) is 14.6. The fourth-order valence-corrected chi connectivity index (χ4v) is 2.79. The second kappa shape index (κ2) is 7.42. The predicted octanol–water partition coefficient (Wildman–Crippen LogP) is 2.79. The van der Waals surface area contributed by atoms with Crippen LogP contribution in [0.5, 0.6) is 0 Å². The van der Waals surface area contributed by atoms with E-state index in [0.717, 1.165) is 19.4 Å². The van der Waals surface area contributed by atoms with Crippen molar-refractivity contribution in [1.29, 1.82) is 0 Å². The van der Waals surface area contributed by atoms with E-state index in [1.807, 2.05) is 0 Å². The van der Waals surface area contributed by atoms with Crippen molar-refractivity contribution in [3.8, 4) is 0 Å². The van der Waals surface area contributed by atoms with Gasteiger partial charge in [-0.3, -0.25) is 0 Å². The summed E-state index contributed by atoms with van der Waals surface area (Å²) in [4.78, 5) is 4.36. The molecule has 0 aromatic carbocycles. The van der Waals surface area contributed by atoms with Gasteiger partial charge in [-0.05, 0) is 30.4 Å². The molecule has 0 radical (unpaired) electrons. The second-order valence-corrected chi connectivity index (χ2v) is 8.51. The molecule has 0 saturated carbocycles. The quantitative estimate of drug-likeness (QED) is 0.743. The van der Waals surface area contributed by atoms with Crippen molar-refractivity contribution in [1.82, 2.24) is 9.29 Å². The van der Waals surface area contributed by atoms with Crippen LogP contribution in [-0.2, 0) is 10.0 Å². The highest BCUT2D eigenvalue weighted by molar-refractivity contribution is 7.89. The average Bonchev–Trinajstić information content (AvgIpc) is 2.43. The Hall–Kier alpha value is -0.850. The maximum Gasteiger partial charge on any atom is 0.244 e. The van der Waals surface area contributed by atoms with Crippen LogP contribution in [0.25, 0.3) is 0 Å². The van der Waals surface area contributed by atoms with Crippen LogP contribution >= 0.6 is 11.6 Å². The third-order valence-electron chi connectivity index (χ3n) is 3.25. The molecule has 0 bridgehead atoms. The maximum atomic E-state index is 11.9. The van der Waals surface area contributed by atoms with Gasteiger partial charge in [-0.15, -0.1) is 11.6 Å². The van der Waals surface area contributed by atoms with Crippen LogP contribution in [0, 0.1) is 5.41 Å². The lowest BCUT2D eigenvalue weighted by Crippen LogP contribution is -2.24. The molecule has 0 aliphatic rings. The summed E-state index contributed by atoms with van der Waals surface area (Å²) < 4.78 is 25.0. The lowest BCUT2D eigenvalue weighted by atomic mass is 9.88. The monoisotopic (exact) mass is 333 g/mol. The molecule has 0 amide bonds. The number of anilines is 1. The third kappa shape index (κ3) is 5.45. The van der Waals surface area contributed by atoms with Gasteiger partial charge >= 0.3 is 0 Å². The number of nitrogens with zero attached hydrogens (tertiary/aromatic N) is 2. The first-order chi connectivity index (χ1) is 9.69. The molecular weight excluding hydrogens is 310 g/mol. The first-order valence-electron chi connectivity index (χ1n) is 6.87. The van der Waals surface area contributed by atoms with E-state index in [1.165, 1.54) is 24.6 Å². The fraction of sp³-hybridized carbons (Fsp3) is 0.643. The molecule has 120 valence electrons. The molecule has 0 spiro atoms. The van der Waals surface area contributed by atoms with Crippen LogP contribution in [0.15, 0.2) is 23.2 Å². The highest BCUT2D eigenvalue weighted by atomic mass is 35.5. The van der Waals surface area contributed by atoms with Gasteiger partial charge in [0, 0.05) is 32.7 Å². The highest BCUT2D eigenvalue weighted by Crippen LogP contribution is 2.23. The number of alkyl halides is 1. The van der Waals surface area contributed by atoms with E-state index < -0.39 is 10.0 Å². The molecule has 7 heteroatoms. The second-order valence-electron chi connectivity index (χ2n) is 5.98. The molecule has 5 nitrogen and oxygen atoms in total. The number of pyridine rings is 1. The van der Waals surface area contributed by atoms with Gasteiger partial charge in [0.05, 0.1) is 0 Å². The summed E-state index contributed by atoms with van der Waals surface area (Å²) in [5.41, 5.74) is 0.116. The van der Waals surface area contributed by atoms with Crippen molar-refractivity contribution in [2.45, 2.75) is 31.6 Å². The summed E-state index contributed by atoms with van der Waals surface area (Å²) in [5.74, 6) is 1.34. The van der Waals surface area contributed by atoms with Crippen molar-refractivity contribution < 1.29 is 8.42 Å². The van der Waals surface area contributed by atoms with Gasteiger partial charge in [0.1, 0.15) is 10.7 Å². The van der Waals surface area contributed by atoms with Crippen LogP contribution in [0.1, 0.15) is 26.7 Å². The van der Waals surface area contributed by atoms with Gasteiger partial charge in [0.15, 0.2) is 0 Å². The summed E-state index contributed by atoms with van der Waals surface area (Å²) in [6.07, 6.45) is 3.38. The number of halogens is 1. The van der Waals surface area contributed by atoms with Gasteiger partial charge in [0.25, 0.3) is 0 Å². The van der Waals surface area contributed by atoms with E-state index in [1.54, 1.807) is 12.1 Å². The first kappa shape index (κ1) is 18.2. The van der Waals surface area contributed by atoms with Gasteiger partial charge in [-0.25, -0.2) is 17.7 Å². The topological polar surface area (TPSA) is 62.3 Å². The van der Waals surface area contributed by atoms with Gasteiger partial charge in [-0.2, -0.15) is 0 Å². The minimum absolute atomic E-state index is 0.116. The van der Waals surface area contributed by atoms with E-state index in [9.17, 15) is 8.42 Å². The molecule has 0 unspecified atom stereocenters. The molecule has 0 atom stereocenters. The Morgan fingerprint density at radius 3 is 2.48 bits per heavy atom. The fourth-order valence-electron chi connectivity index (χ4n) is 1.81. The van der Waals surface area contributed by atoms with Gasteiger partial charge in [0.2, 0.25) is 10.0 Å². The molecule has 1 aromatic heterocycles. The third-order valence-corrected chi connectivity index (χ3v) is 5.32. The smallest absolute Gasteiger partial charge is 0.244 e. The summed E-state index contributed by atoms with van der Waals surface area (Å²) in [7, 11) is -0.419. The van der Waals surface area contributed by atoms with Crippen LogP contribution in [0.4, 0.5) is 5.82 Å². The van der Waals surface area contributed by atoms with Crippen LogP contribution < -0.4 is 5.32 Å². The molecule has 21 heavy (non-hydrogen) atoms. The molecule has 1 heterocycles. The minimum atomic E-state index is -3.42. The number of nitrogens with one attached hydrogen (secondary N) is 1. The van der Waals surface area contributed by atoms with Crippen LogP contribution in [-0.4, -0.2) is 44.2 Å². The summed E-state index contributed by atoms with van der Waals surface area (Å²) >= 11 is 5.72. The van der Waals surface area contributed by atoms with Crippen LogP contribution in [0.2, 0.25) is 0 Å². The Bertz CT molecular complexity index is 542. The zero-order chi connectivity index (χ0) is 16.1. The van der Waals surface area contributed by atoms with E-state index in [2.05, 4.69) is 24.1 Å². The predicted molar refractivity (Wildman–Crippen MR) is 87.3 cm³/mol. The van der Waals surface area contributed by atoms with E-state index in [0.29, 0.717) is 11.7 Å². The van der Waals surface area contributed by atoms with E-state index in [4.69, 9.17) is 11.6 Å². The van der Waals surface area contributed by atoms with Crippen molar-refractivity contribution in [2.24, 2.45) is 5.41 Å². The SMILES string of the molecule is CN(C)S(=O)(=O)c1ccc(NCC(C)(C)CCCCl)nc1. The Kier molecular flexibility index (Phi) is 6.43.